The molecule has 1 unspecified atom stereocenters. The molecular formula is C19H21N3O5S. The number of hydrogen-bond donors (Lipinski definition) is 1. The summed E-state index contributed by atoms with van der Waals surface area (Å²) in [6, 6.07) is 8.58. The Morgan fingerprint density at radius 3 is 2.61 bits per heavy atom. The maximum Gasteiger partial charge on any atom is 0.319 e. The van der Waals surface area contributed by atoms with Crippen LogP contribution >= 0.6 is 0 Å². The first-order valence-corrected chi connectivity index (χ1v) is 10.6. The van der Waals surface area contributed by atoms with E-state index in [-0.39, 0.29) is 23.4 Å². The van der Waals surface area contributed by atoms with Crippen molar-refractivity contribution >= 4 is 15.7 Å². The van der Waals surface area contributed by atoms with Crippen molar-refractivity contribution < 1.29 is 22.7 Å². The van der Waals surface area contributed by atoms with Gasteiger partial charge in [-0.05, 0) is 30.9 Å². The van der Waals surface area contributed by atoms with Crippen molar-refractivity contribution in [3.8, 4) is 17.6 Å². The summed E-state index contributed by atoms with van der Waals surface area (Å²) in [6.45, 7) is 0. The van der Waals surface area contributed by atoms with Gasteiger partial charge in [-0.1, -0.05) is 24.3 Å². The summed E-state index contributed by atoms with van der Waals surface area (Å²) in [5.74, 6) is 0.313. The molecule has 3 rings (SSSR count). The van der Waals surface area contributed by atoms with Gasteiger partial charge in [0.1, 0.15) is 11.3 Å². The lowest BCUT2D eigenvalue weighted by Gasteiger charge is -2.16. The Labute approximate surface area is 163 Å². The fraction of sp³-hybridized carbons (Fsp3) is 0.316. The molecule has 1 aliphatic rings. The summed E-state index contributed by atoms with van der Waals surface area (Å²) >= 11 is 0. The minimum absolute atomic E-state index is 0.0530. The highest BCUT2D eigenvalue weighted by molar-refractivity contribution is 7.93. The molecule has 1 aliphatic carbocycles. The van der Waals surface area contributed by atoms with Crippen LogP contribution in [-0.2, 0) is 9.84 Å². The van der Waals surface area contributed by atoms with Gasteiger partial charge in [-0.25, -0.2) is 13.4 Å². The second kappa shape index (κ2) is 8.39. The fourth-order valence-electron chi connectivity index (χ4n) is 2.52. The Balaban J connectivity index is 1.84. The van der Waals surface area contributed by atoms with E-state index in [1.54, 1.807) is 24.3 Å². The van der Waals surface area contributed by atoms with Crippen molar-refractivity contribution in [3.63, 3.8) is 0 Å². The highest BCUT2D eigenvalue weighted by atomic mass is 32.2. The third kappa shape index (κ3) is 5.53. The number of carbonyl (C=O) groups excluding carboxylic acids is 1. The van der Waals surface area contributed by atoms with Gasteiger partial charge in [-0.2, -0.15) is 4.98 Å². The number of para-hydroxylation sites is 1. The molecular weight excluding hydrogens is 382 g/mol. The van der Waals surface area contributed by atoms with Crippen LogP contribution in [0.1, 0.15) is 23.2 Å². The molecule has 1 amide bonds. The summed E-state index contributed by atoms with van der Waals surface area (Å²) in [7, 11) is -1.86. The van der Waals surface area contributed by atoms with Crippen molar-refractivity contribution in [2.75, 3.05) is 13.4 Å². The number of nitrogens with zero attached hydrogens (tertiary/aromatic N) is 2. The van der Waals surface area contributed by atoms with E-state index in [0.29, 0.717) is 5.75 Å². The van der Waals surface area contributed by atoms with E-state index in [1.807, 2.05) is 6.07 Å². The Kier molecular flexibility index (Phi) is 5.93. The lowest BCUT2D eigenvalue weighted by Crippen LogP contribution is -2.35. The molecule has 0 radical (unpaired) electrons. The molecule has 1 atom stereocenters. The molecule has 2 aromatic rings. The lowest BCUT2D eigenvalue weighted by molar-refractivity contribution is 0.0937. The van der Waals surface area contributed by atoms with Crippen LogP contribution in [0.5, 0.6) is 17.6 Å². The molecule has 1 aromatic heterocycles. The van der Waals surface area contributed by atoms with Crippen molar-refractivity contribution in [3.05, 3.63) is 53.6 Å². The average Bonchev–Trinajstić information content (AvgIpc) is 3.50. The monoisotopic (exact) mass is 403 g/mol. The van der Waals surface area contributed by atoms with Gasteiger partial charge < -0.3 is 14.8 Å². The van der Waals surface area contributed by atoms with Gasteiger partial charge in [0, 0.05) is 11.7 Å². The molecule has 28 heavy (non-hydrogen) atoms. The molecule has 8 nitrogen and oxygen atoms in total. The summed E-state index contributed by atoms with van der Waals surface area (Å²) < 4.78 is 33.6. The molecule has 0 aliphatic heterocycles. The Bertz CT molecular complexity index is 972. The Morgan fingerprint density at radius 1 is 1.29 bits per heavy atom. The molecule has 148 valence electrons. The average molecular weight is 403 g/mol. The Morgan fingerprint density at radius 2 is 2.00 bits per heavy atom. The van der Waals surface area contributed by atoms with Crippen LogP contribution in [0.15, 0.2) is 48.0 Å². The zero-order valence-corrected chi connectivity index (χ0v) is 16.3. The molecule has 1 aromatic carbocycles. The first kappa shape index (κ1) is 19.8. The molecule has 1 saturated carbocycles. The minimum atomic E-state index is -3.28. The van der Waals surface area contributed by atoms with Gasteiger partial charge in [0.15, 0.2) is 9.84 Å². The normalized spacial score (nSPS) is 15.2. The highest BCUT2D eigenvalue weighted by Crippen LogP contribution is 2.34. The van der Waals surface area contributed by atoms with Gasteiger partial charge in [-0.15, -0.1) is 0 Å². The minimum Gasteiger partial charge on any atom is -0.467 e. The lowest BCUT2D eigenvalue weighted by atomic mass is 10.1. The van der Waals surface area contributed by atoms with E-state index in [9.17, 15) is 13.2 Å². The maximum absolute atomic E-state index is 12.8. The van der Waals surface area contributed by atoms with Gasteiger partial charge in [-0.3, -0.25) is 4.79 Å². The number of carbonyl (C=O) groups is 1. The van der Waals surface area contributed by atoms with Crippen molar-refractivity contribution in [2.24, 2.45) is 5.92 Å². The fourth-order valence-corrected chi connectivity index (χ4v) is 2.97. The number of benzene rings is 1. The number of amides is 1. The van der Waals surface area contributed by atoms with Crippen LogP contribution < -0.4 is 14.8 Å². The summed E-state index contributed by atoms with van der Waals surface area (Å²) in [4.78, 5) is 20.9. The number of ether oxygens (including phenoxy) is 2. The molecule has 1 N–H and O–H groups in total. The SMILES string of the molecule is COc1ncc(C(=O)NC(/C=C/S(C)(=O)=O)C2CC2)c(Oc2ccccc2)n1. The predicted octanol–water partition coefficient (Wildman–Crippen LogP) is 2.34. The highest BCUT2D eigenvalue weighted by Gasteiger charge is 2.32. The third-order valence-corrected chi connectivity index (χ3v) is 4.73. The smallest absolute Gasteiger partial charge is 0.319 e. The van der Waals surface area contributed by atoms with Crippen LogP contribution in [0.25, 0.3) is 0 Å². The van der Waals surface area contributed by atoms with E-state index in [4.69, 9.17) is 9.47 Å². The second-order valence-electron chi connectivity index (χ2n) is 6.49. The second-order valence-corrected chi connectivity index (χ2v) is 8.42. The topological polar surface area (TPSA) is 107 Å². The molecule has 0 bridgehead atoms. The third-order valence-electron chi connectivity index (χ3n) is 4.08. The zero-order valence-electron chi connectivity index (χ0n) is 15.5. The standard InChI is InChI=1S/C19H21N3O5S/c1-26-19-20-12-15(18(22-19)27-14-6-4-3-5-7-14)17(23)21-16(13-8-9-13)10-11-28(2,24)25/h3-7,10-13,16H,8-9H2,1-2H3,(H,21,23)/b11-10+. The molecule has 1 heterocycles. The summed E-state index contributed by atoms with van der Waals surface area (Å²) in [6.07, 6.45) is 5.78. The van der Waals surface area contributed by atoms with Crippen LogP contribution in [0.3, 0.4) is 0 Å². The maximum atomic E-state index is 12.8. The number of sulfone groups is 1. The van der Waals surface area contributed by atoms with Gasteiger partial charge >= 0.3 is 6.01 Å². The van der Waals surface area contributed by atoms with Gasteiger partial charge in [0.05, 0.1) is 19.3 Å². The van der Waals surface area contributed by atoms with Gasteiger partial charge in [0.2, 0.25) is 5.88 Å². The number of hydrogen-bond acceptors (Lipinski definition) is 7. The van der Waals surface area contributed by atoms with E-state index in [1.165, 1.54) is 19.4 Å². The molecule has 0 saturated heterocycles. The van der Waals surface area contributed by atoms with E-state index < -0.39 is 21.8 Å². The van der Waals surface area contributed by atoms with Crippen molar-refractivity contribution in [1.29, 1.82) is 0 Å². The Hall–Kier alpha value is -2.94. The van der Waals surface area contributed by atoms with Crippen LogP contribution in [-0.4, -0.2) is 43.7 Å². The van der Waals surface area contributed by atoms with Crippen LogP contribution in [0.2, 0.25) is 0 Å². The quantitative estimate of drug-likeness (QED) is 0.721. The number of nitrogens with one attached hydrogen (secondary N) is 1. The summed E-state index contributed by atoms with van der Waals surface area (Å²) in [5, 5.41) is 3.95. The predicted molar refractivity (Wildman–Crippen MR) is 103 cm³/mol. The molecule has 9 heteroatoms. The van der Waals surface area contributed by atoms with Crippen LogP contribution in [0, 0.1) is 5.92 Å². The van der Waals surface area contributed by atoms with Crippen LogP contribution in [0.4, 0.5) is 0 Å². The molecule has 1 fully saturated rings. The first-order valence-electron chi connectivity index (χ1n) is 8.69. The molecule has 0 spiro atoms. The van der Waals surface area contributed by atoms with E-state index in [0.717, 1.165) is 24.5 Å². The van der Waals surface area contributed by atoms with E-state index in [2.05, 4.69) is 15.3 Å². The number of methoxy groups -OCH3 is 1. The van der Waals surface area contributed by atoms with Gasteiger partial charge in [0.25, 0.3) is 5.91 Å². The summed E-state index contributed by atoms with van der Waals surface area (Å²) in [5.41, 5.74) is 0.128. The number of rotatable bonds is 8. The van der Waals surface area contributed by atoms with Crippen molar-refractivity contribution in [2.45, 2.75) is 18.9 Å². The van der Waals surface area contributed by atoms with E-state index >= 15 is 0 Å². The zero-order chi connectivity index (χ0) is 20.1. The first-order chi connectivity index (χ1) is 13.4. The largest absolute Gasteiger partial charge is 0.467 e. The number of aromatic nitrogens is 2. The van der Waals surface area contributed by atoms with Crippen molar-refractivity contribution in [1.82, 2.24) is 15.3 Å².